The minimum absolute atomic E-state index is 0.0419. The molecule has 1 amide bonds. The molecular weight excluding hydrogens is 336 g/mol. The zero-order valence-electron chi connectivity index (χ0n) is 14.9. The molecule has 136 valence electrons. The standard InChI is InChI=1S/C18H26N4O2S/c1-3-4-5-6-12-19-16(23)11-13-22-17(20-21-18(22)25)14-7-9-15(24-2)10-8-14/h7-10H,3-6,11-13H2,1-2H3,(H,19,23)(H,21,25). The van der Waals surface area contributed by atoms with Crippen molar-refractivity contribution in [1.29, 1.82) is 0 Å². The van der Waals surface area contributed by atoms with Gasteiger partial charge in [-0.05, 0) is 42.9 Å². The summed E-state index contributed by atoms with van der Waals surface area (Å²) < 4.78 is 7.54. The van der Waals surface area contributed by atoms with Crippen molar-refractivity contribution < 1.29 is 9.53 Å². The zero-order valence-corrected chi connectivity index (χ0v) is 15.7. The first-order valence-corrected chi connectivity index (χ1v) is 9.13. The second kappa shape index (κ2) is 9.98. The number of benzene rings is 1. The molecular formula is C18H26N4O2S. The Morgan fingerprint density at radius 1 is 1.28 bits per heavy atom. The van der Waals surface area contributed by atoms with Gasteiger partial charge in [-0.3, -0.25) is 14.5 Å². The molecule has 2 N–H and O–H groups in total. The number of carbonyl (C=O) groups is 1. The van der Waals surface area contributed by atoms with Gasteiger partial charge >= 0.3 is 0 Å². The quantitative estimate of drug-likeness (QED) is 0.499. The molecule has 2 rings (SSSR count). The van der Waals surface area contributed by atoms with Gasteiger partial charge in [-0.2, -0.15) is 5.10 Å². The zero-order chi connectivity index (χ0) is 18.1. The number of aromatic amines is 1. The van der Waals surface area contributed by atoms with E-state index in [1.807, 2.05) is 28.8 Å². The summed E-state index contributed by atoms with van der Waals surface area (Å²) in [6.07, 6.45) is 4.98. The number of amides is 1. The SMILES string of the molecule is CCCCCCNC(=O)CCn1c(-c2ccc(OC)cc2)n[nH]c1=S. The van der Waals surface area contributed by atoms with Crippen LogP contribution in [-0.4, -0.2) is 34.3 Å². The van der Waals surface area contributed by atoms with E-state index in [9.17, 15) is 4.79 Å². The molecule has 25 heavy (non-hydrogen) atoms. The molecule has 0 spiro atoms. The fourth-order valence-corrected chi connectivity index (χ4v) is 2.79. The first kappa shape index (κ1) is 19.2. The van der Waals surface area contributed by atoms with E-state index >= 15 is 0 Å². The maximum Gasteiger partial charge on any atom is 0.221 e. The Morgan fingerprint density at radius 2 is 2.04 bits per heavy atom. The van der Waals surface area contributed by atoms with Crippen LogP contribution in [-0.2, 0) is 11.3 Å². The van der Waals surface area contributed by atoms with Crippen molar-refractivity contribution in [2.24, 2.45) is 0 Å². The largest absolute Gasteiger partial charge is 0.497 e. The molecule has 0 saturated heterocycles. The molecule has 0 atom stereocenters. The van der Waals surface area contributed by atoms with Crippen molar-refractivity contribution in [2.75, 3.05) is 13.7 Å². The highest BCUT2D eigenvalue weighted by atomic mass is 32.1. The van der Waals surface area contributed by atoms with Crippen molar-refractivity contribution in [3.05, 3.63) is 29.0 Å². The summed E-state index contributed by atoms with van der Waals surface area (Å²) in [7, 11) is 1.63. The monoisotopic (exact) mass is 362 g/mol. The smallest absolute Gasteiger partial charge is 0.221 e. The number of aromatic nitrogens is 3. The number of unbranched alkanes of at least 4 members (excludes halogenated alkanes) is 3. The lowest BCUT2D eigenvalue weighted by Crippen LogP contribution is -2.25. The average molecular weight is 362 g/mol. The van der Waals surface area contributed by atoms with Gasteiger partial charge in [0, 0.05) is 25.1 Å². The molecule has 0 aliphatic rings. The second-order valence-electron chi connectivity index (χ2n) is 5.89. The predicted molar refractivity (Wildman–Crippen MR) is 101 cm³/mol. The molecule has 0 aliphatic carbocycles. The van der Waals surface area contributed by atoms with Crippen LogP contribution < -0.4 is 10.1 Å². The summed E-state index contributed by atoms with van der Waals surface area (Å²) in [5.41, 5.74) is 0.924. The van der Waals surface area contributed by atoms with Gasteiger partial charge in [-0.15, -0.1) is 0 Å². The minimum Gasteiger partial charge on any atom is -0.497 e. The first-order chi connectivity index (χ1) is 12.2. The van der Waals surface area contributed by atoms with E-state index in [0.29, 0.717) is 17.7 Å². The third-order valence-electron chi connectivity index (χ3n) is 4.02. The molecule has 1 heterocycles. The normalized spacial score (nSPS) is 10.6. The molecule has 7 heteroatoms. The van der Waals surface area contributed by atoms with Crippen molar-refractivity contribution in [1.82, 2.24) is 20.1 Å². The minimum atomic E-state index is 0.0419. The van der Waals surface area contributed by atoms with Gasteiger partial charge < -0.3 is 10.1 Å². The van der Waals surface area contributed by atoms with Crippen LogP contribution in [0.4, 0.5) is 0 Å². The number of rotatable bonds is 10. The van der Waals surface area contributed by atoms with E-state index in [4.69, 9.17) is 17.0 Å². The Bertz CT molecular complexity index is 721. The molecule has 0 unspecified atom stereocenters. The van der Waals surface area contributed by atoms with Gasteiger partial charge in [0.05, 0.1) is 7.11 Å². The van der Waals surface area contributed by atoms with Crippen LogP contribution >= 0.6 is 12.2 Å². The van der Waals surface area contributed by atoms with Crippen LogP contribution in [0.1, 0.15) is 39.0 Å². The third kappa shape index (κ3) is 5.70. The van der Waals surface area contributed by atoms with E-state index in [0.717, 1.165) is 36.5 Å². The fourth-order valence-electron chi connectivity index (χ4n) is 2.57. The molecule has 0 radical (unpaired) electrons. The number of carbonyl (C=O) groups excluding carboxylic acids is 1. The maximum atomic E-state index is 12.0. The number of ether oxygens (including phenoxy) is 1. The average Bonchev–Trinajstić information content (AvgIpc) is 3.00. The molecule has 0 fully saturated rings. The molecule has 0 aliphatic heterocycles. The Labute approximate surface area is 153 Å². The fraction of sp³-hybridized carbons (Fsp3) is 0.500. The highest BCUT2D eigenvalue weighted by Crippen LogP contribution is 2.21. The Kier molecular flexibility index (Phi) is 7.66. The van der Waals surface area contributed by atoms with Gasteiger partial charge in [0.1, 0.15) is 5.75 Å². The lowest BCUT2D eigenvalue weighted by Gasteiger charge is -2.08. The number of hydrogen-bond donors (Lipinski definition) is 2. The summed E-state index contributed by atoms with van der Waals surface area (Å²) in [6.45, 7) is 3.41. The summed E-state index contributed by atoms with van der Waals surface area (Å²) in [5.74, 6) is 1.55. The van der Waals surface area contributed by atoms with Crippen LogP contribution in [0.15, 0.2) is 24.3 Å². The molecule has 0 saturated carbocycles. The Balaban J connectivity index is 1.92. The van der Waals surface area contributed by atoms with Crippen molar-refractivity contribution >= 4 is 18.1 Å². The van der Waals surface area contributed by atoms with E-state index in [2.05, 4.69) is 22.4 Å². The van der Waals surface area contributed by atoms with Gasteiger partial charge in [-0.25, -0.2) is 0 Å². The van der Waals surface area contributed by atoms with Crippen LogP contribution in [0.5, 0.6) is 5.75 Å². The first-order valence-electron chi connectivity index (χ1n) is 8.72. The van der Waals surface area contributed by atoms with E-state index in [-0.39, 0.29) is 5.91 Å². The lowest BCUT2D eigenvalue weighted by atomic mass is 10.2. The molecule has 1 aromatic carbocycles. The molecule has 0 bridgehead atoms. The summed E-state index contributed by atoms with van der Waals surface area (Å²) in [4.78, 5) is 12.0. The second-order valence-corrected chi connectivity index (χ2v) is 6.28. The summed E-state index contributed by atoms with van der Waals surface area (Å²) >= 11 is 5.30. The third-order valence-corrected chi connectivity index (χ3v) is 4.33. The number of H-pyrrole nitrogens is 1. The lowest BCUT2D eigenvalue weighted by molar-refractivity contribution is -0.121. The van der Waals surface area contributed by atoms with Crippen molar-refractivity contribution in [2.45, 2.75) is 45.6 Å². The Hall–Kier alpha value is -2.15. The molecule has 6 nitrogen and oxygen atoms in total. The Morgan fingerprint density at radius 3 is 2.72 bits per heavy atom. The highest BCUT2D eigenvalue weighted by Gasteiger charge is 2.10. The van der Waals surface area contributed by atoms with Crippen LogP contribution in [0.3, 0.4) is 0 Å². The highest BCUT2D eigenvalue weighted by molar-refractivity contribution is 7.71. The van der Waals surface area contributed by atoms with Crippen molar-refractivity contribution in [3.8, 4) is 17.1 Å². The predicted octanol–water partition coefficient (Wildman–Crippen LogP) is 3.70. The number of hydrogen-bond acceptors (Lipinski definition) is 4. The van der Waals surface area contributed by atoms with Gasteiger partial charge in [-0.1, -0.05) is 26.2 Å². The molecule has 1 aromatic heterocycles. The maximum absolute atomic E-state index is 12.0. The van der Waals surface area contributed by atoms with Crippen LogP contribution in [0.25, 0.3) is 11.4 Å². The van der Waals surface area contributed by atoms with E-state index in [1.54, 1.807) is 7.11 Å². The van der Waals surface area contributed by atoms with Gasteiger partial charge in [0.25, 0.3) is 0 Å². The topological polar surface area (TPSA) is 71.9 Å². The van der Waals surface area contributed by atoms with Crippen LogP contribution in [0.2, 0.25) is 0 Å². The summed E-state index contributed by atoms with van der Waals surface area (Å²) in [5, 5.41) is 10.1. The number of nitrogens with one attached hydrogen (secondary N) is 2. The summed E-state index contributed by atoms with van der Waals surface area (Å²) in [6, 6.07) is 7.60. The van der Waals surface area contributed by atoms with E-state index < -0.39 is 0 Å². The number of methoxy groups -OCH3 is 1. The van der Waals surface area contributed by atoms with Crippen molar-refractivity contribution in [3.63, 3.8) is 0 Å². The number of nitrogens with zero attached hydrogens (tertiary/aromatic N) is 2. The van der Waals surface area contributed by atoms with Gasteiger partial charge in [0.2, 0.25) is 5.91 Å². The van der Waals surface area contributed by atoms with E-state index in [1.165, 1.54) is 12.8 Å². The van der Waals surface area contributed by atoms with Crippen LogP contribution in [0, 0.1) is 4.77 Å². The molecule has 2 aromatic rings. The van der Waals surface area contributed by atoms with Gasteiger partial charge in [0.15, 0.2) is 10.6 Å².